The minimum Gasteiger partial charge on any atom is -0.484 e. The van der Waals surface area contributed by atoms with Crippen molar-refractivity contribution < 1.29 is 14.3 Å². The van der Waals surface area contributed by atoms with E-state index in [1.807, 2.05) is 42.5 Å². The third-order valence-electron chi connectivity index (χ3n) is 8.44. The number of hydrogen-bond donors (Lipinski definition) is 2. The van der Waals surface area contributed by atoms with E-state index in [4.69, 9.17) is 9.47 Å². The van der Waals surface area contributed by atoms with Gasteiger partial charge < -0.3 is 14.8 Å². The van der Waals surface area contributed by atoms with Crippen molar-refractivity contribution in [2.75, 3.05) is 6.61 Å². The van der Waals surface area contributed by atoms with Crippen LogP contribution in [0.15, 0.2) is 48.3 Å². The molecule has 0 aromatic rings. The van der Waals surface area contributed by atoms with E-state index in [0.717, 1.165) is 19.3 Å². The Kier molecular flexibility index (Phi) is 8.51. The lowest BCUT2D eigenvalue weighted by atomic mass is 9.44. The first-order valence-corrected chi connectivity index (χ1v) is 14.3. The Morgan fingerprint density at radius 3 is 2.11 bits per heavy atom. The van der Waals surface area contributed by atoms with Crippen molar-refractivity contribution in [2.24, 2.45) is 5.92 Å². The molecule has 5 aliphatic carbocycles. The Hall–Kier alpha value is -1.85. The van der Waals surface area contributed by atoms with E-state index in [1.54, 1.807) is 0 Å². The third kappa shape index (κ3) is 7.13. The zero-order valence-electron chi connectivity index (χ0n) is 23.0. The average Bonchev–Trinajstić information content (AvgIpc) is 2.73. The molecule has 0 atom stereocenters. The van der Waals surface area contributed by atoms with Gasteiger partial charge in [0, 0.05) is 11.1 Å². The Labute approximate surface area is 218 Å². The summed E-state index contributed by atoms with van der Waals surface area (Å²) in [6, 6.07) is 0. The molecule has 5 nitrogen and oxygen atoms in total. The van der Waals surface area contributed by atoms with Crippen LogP contribution in [-0.2, 0) is 14.3 Å². The highest BCUT2D eigenvalue weighted by Crippen LogP contribution is 2.61. The van der Waals surface area contributed by atoms with Gasteiger partial charge in [-0.05, 0) is 77.9 Å². The van der Waals surface area contributed by atoms with Crippen LogP contribution in [0.5, 0.6) is 0 Å². The second-order valence-corrected chi connectivity index (χ2v) is 12.7. The number of ether oxygens (including phenoxy) is 2. The molecule has 0 heterocycles. The van der Waals surface area contributed by atoms with E-state index in [9.17, 15) is 4.79 Å². The van der Waals surface area contributed by atoms with Crippen molar-refractivity contribution in [3.05, 3.63) is 48.3 Å². The summed E-state index contributed by atoms with van der Waals surface area (Å²) in [6.07, 6.45) is 28.3. The van der Waals surface area contributed by atoms with Gasteiger partial charge in [0.1, 0.15) is 11.5 Å². The number of hydrogen-bond acceptors (Lipinski definition) is 4. The van der Waals surface area contributed by atoms with E-state index < -0.39 is 5.72 Å². The van der Waals surface area contributed by atoms with E-state index in [2.05, 4.69) is 38.3 Å². The number of allylic oxidation sites excluding steroid dienone is 7. The lowest BCUT2D eigenvalue weighted by Crippen LogP contribution is -2.85. The summed E-state index contributed by atoms with van der Waals surface area (Å²) >= 11 is 0. The second-order valence-electron chi connectivity index (χ2n) is 12.7. The fraction of sp³-hybridized carbons (Fsp3) is 0.710. The molecule has 0 aromatic carbocycles. The molecule has 36 heavy (non-hydrogen) atoms. The molecule has 2 N–H and O–H groups in total. The normalized spacial score (nSPS) is 31.1. The number of rotatable bonds is 9. The van der Waals surface area contributed by atoms with Crippen molar-refractivity contribution in [1.82, 2.24) is 10.6 Å². The molecule has 4 saturated carbocycles. The molecule has 5 heteroatoms. The van der Waals surface area contributed by atoms with Crippen molar-refractivity contribution in [2.45, 2.75) is 127 Å². The van der Waals surface area contributed by atoms with Crippen molar-refractivity contribution in [3.8, 4) is 0 Å². The van der Waals surface area contributed by atoms with E-state index >= 15 is 0 Å². The minimum atomic E-state index is -0.405. The van der Waals surface area contributed by atoms with Gasteiger partial charge in [0.05, 0.1) is 5.60 Å². The maximum Gasteiger partial charge on any atom is 0.258 e. The molecular weight excluding hydrogens is 448 g/mol. The van der Waals surface area contributed by atoms with Crippen LogP contribution in [0.4, 0.5) is 0 Å². The van der Waals surface area contributed by atoms with Crippen LogP contribution < -0.4 is 10.6 Å². The van der Waals surface area contributed by atoms with Gasteiger partial charge in [-0.15, -0.1) is 0 Å². The van der Waals surface area contributed by atoms with Gasteiger partial charge in [-0.2, -0.15) is 0 Å². The first kappa shape index (κ1) is 27.2. The molecule has 4 fully saturated rings. The highest BCUT2D eigenvalue weighted by Gasteiger charge is 2.69. The molecule has 0 radical (unpaired) electrons. The van der Waals surface area contributed by atoms with Gasteiger partial charge >= 0.3 is 0 Å². The average molecular weight is 497 g/mol. The zero-order valence-corrected chi connectivity index (χ0v) is 23.0. The first-order valence-electron chi connectivity index (χ1n) is 14.3. The van der Waals surface area contributed by atoms with Gasteiger partial charge in [-0.3, -0.25) is 10.1 Å². The molecule has 0 spiro atoms. The SMILES string of the molecule is CC(C)(NC12CC(NC(=O)COC3=C/C=C\C=C/C=C3)(C1)C2)OC(C)(C)C1CCCCCCCCC1. The lowest BCUT2D eigenvalue weighted by molar-refractivity contribution is -0.212. The van der Waals surface area contributed by atoms with Crippen molar-refractivity contribution in [1.29, 1.82) is 0 Å². The van der Waals surface area contributed by atoms with Crippen LogP contribution >= 0.6 is 0 Å². The highest BCUT2D eigenvalue weighted by molar-refractivity contribution is 5.79. The van der Waals surface area contributed by atoms with Gasteiger partial charge in [0.25, 0.3) is 5.91 Å². The zero-order chi connectivity index (χ0) is 25.7. The molecule has 5 aliphatic rings. The van der Waals surface area contributed by atoms with Gasteiger partial charge in [-0.1, -0.05) is 75.3 Å². The molecule has 0 aliphatic heterocycles. The molecule has 0 unspecified atom stereocenters. The summed E-state index contributed by atoms with van der Waals surface area (Å²) in [6.45, 7) is 8.98. The summed E-state index contributed by atoms with van der Waals surface area (Å²) < 4.78 is 12.5. The van der Waals surface area contributed by atoms with E-state index in [-0.39, 0.29) is 29.2 Å². The monoisotopic (exact) mass is 496 g/mol. The second kappa shape index (κ2) is 11.3. The van der Waals surface area contributed by atoms with Gasteiger partial charge in [0.2, 0.25) is 0 Å². The number of carbonyl (C=O) groups is 1. The molecule has 0 saturated heterocycles. The molecule has 0 aromatic heterocycles. The van der Waals surface area contributed by atoms with Crippen LogP contribution in [0.25, 0.3) is 0 Å². The Morgan fingerprint density at radius 1 is 0.861 bits per heavy atom. The summed E-state index contributed by atoms with van der Waals surface area (Å²) in [4.78, 5) is 12.6. The molecule has 200 valence electrons. The first-order chi connectivity index (χ1) is 17.1. The number of nitrogens with one attached hydrogen (secondary N) is 2. The third-order valence-corrected chi connectivity index (χ3v) is 8.44. The topological polar surface area (TPSA) is 59.6 Å². The van der Waals surface area contributed by atoms with Crippen LogP contribution in [0.2, 0.25) is 0 Å². The van der Waals surface area contributed by atoms with Crippen LogP contribution in [0.1, 0.15) is 105 Å². The predicted octanol–water partition coefficient (Wildman–Crippen LogP) is 6.62. The van der Waals surface area contributed by atoms with Gasteiger partial charge in [0.15, 0.2) is 6.61 Å². The smallest absolute Gasteiger partial charge is 0.258 e. The van der Waals surface area contributed by atoms with Crippen molar-refractivity contribution >= 4 is 5.91 Å². The van der Waals surface area contributed by atoms with Gasteiger partial charge in [-0.25, -0.2) is 0 Å². The number of carbonyl (C=O) groups excluding carboxylic acids is 1. The standard InChI is InChI=1S/C31H48N2O3/c1-28(2,25-17-13-9-6-5-7-10-14-18-25)36-29(3,4)33-31-22-30(23-31,24-31)32-27(34)21-35-26-19-15-11-8-12-16-20-26/h8,11-12,15-16,19-20,25,33H,5-7,9-10,13-14,17-18,21-24H2,1-4H3,(H,32,34)/b11-8-,12-8?,15-11?,16-12-,19-15?,20-16?,26-19?,26-20?. The minimum absolute atomic E-state index is 0.0418. The largest absolute Gasteiger partial charge is 0.484 e. The Morgan fingerprint density at radius 2 is 1.44 bits per heavy atom. The Bertz CT molecular complexity index is 866. The van der Waals surface area contributed by atoms with E-state index in [0.29, 0.717) is 11.7 Å². The molecule has 2 bridgehead atoms. The fourth-order valence-corrected chi connectivity index (χ4v) is 7.09. The molecule has 1 amide bonds. The fourth-order valence-electron chi connectivity index (χ4n) is 7.09. The lowest BCUT2D eigenvalue weighted by Gasteiger charge is -2.72. The van der Waals surface area contributed by atoms with Crippen LogP contribution in [0, 0.1) is 5.92 Å². The summed E-state index contributed by atoms with van der Waals surface area (Å²) in [5.74, 6) is 1.25. The quantitative estimate of drug-likeness (QED) is 0.352. The highest BCUT2D eigenvalue weighted by atomic mass is 16.5. The maximum atomic E-state index is 12.6. The summed E-state index contributed by atoms with van der Waals surface area (Å²) in [5.41, 5.74) is -0.569. The Balaban J connectivity index is 1.22. The predicted molar refractivity (Wildman–Crippen MR) is 146 cm³/mol. The van der Waals surface area contributed by atoms with Crippen molar-refractivity contribution in [3.63, 3.8) is 0 Å². The summed E-state index contributed by atoms with van der Waals surface area (Å²) in [5, 5.41) is 7.07. The van der Waals surface area contributed by atoms with Crippen LogP contribution in [0.3, 0.4) is 0 Å². The molecule has 5 rings (SSSR count). The number of amides is 1. The maximum absolute atomic E-state index is 12.6. The summed E-state index contributed by atoms with van der Waals surface area (Å²) in [7, 11) is 0. The molecular formula is C31H48N2O3. The van der Waals surface area contributed by atoms with Crippen LogP contribution in [-0.4, -0.2) is 34.9 Å². The van der Waals surface area contributed by atoms with E-state index in [1.165, 1.54) is 57.8 Å².